The molecule has 0 saturated carbocycles. The zero-order valence-electron chi connectivity index (χ0n) is 17.4. The molecule has 0 fully saturated rings. The number of ether oxygens (including phenoxy) is 2. The lowest BCUT2D eigenvalue weighted by Crippen LogP contribution is -2.35. The van der Waals surface area contributed by atoms with Crippen LogP contribution < -0.4 is 10.1 Å². The van der Waals surface area contributed by atoms with Crippen LogP contribution in [0.5, 0.6) is 5.75 Å². The Balaban J connectivity index is 2.92. The summed E-state index contributed by atoms with van der Waals surface area (Å²) < 4.78 is 11.4. The van der Waals surface area contributed by atoms with E-state index in [4.69, 9.17) is 9.47 Å². The number of hydrogen-bond donors (Lipinski definition) is 2. The minimum atomic E-state index is -0.652. The molecule has 6 nitrogen and oxygen atoms in total. The summed E-state index contributed by atoms with van der Waals surface area (Å²) >= 11 is 0. The van der Waals surface area contributed by atoms with Crippen LogP contribution in [0.15, 0.2) is 23.2 Å². The number of aliphatic hydroxyl groups excluding tert-OH is 1. The zero-order valence-corrected chi connectivity index (χ0v) is 17.4. The molecule has 27 heavy (non-hydrogen) atoms. The molecule has 0 aliphatic carbocycles. The Labute approximate surface area is 163 Å². The van der Waals surface area contributed by atoms with Crippen molar-refractivity contribution >= 4 is 17.4 Å². The van der Waals surface area contributed by atoms with E-state index in [1.54, 1.807) is 18.2 Å². The van der Waals surface area contributed by atoms with Crippen molar-refractivity contribution < 1.29 is 19.4 Å². The lowest BCUT2D eigenvalue weighted by molar-refractivity contribution is 0.0968. The molecule has 0 saturated heterocycles. The van der Waals surface area contributed by atoms with Crippen molar-refractivity contribution in [2.24, 2.45) is 4.99 Å². The Kier molecular flexibility index (Phi) is 10.0. The first-order valence-corrected chi connectivity index (χ1v) is 9.66. The van der Waals surface area contributed by atoms with Crippen LogP contribution in [0.1, 0.15) is 64.7 Å². The number of Topliss-reactive ketones (excluding diaryl/α,β-unsaturated/α-hetero) is 1. The summed E-state index contributed by atoms with van der Waals surface area (Å²) in [5.74, 6) is 0.997. The summed E-state index contributed by atoms with van der Waals surface area (Å²) in [7, 11) is 0. The number of carbonyl (C=O) groups excluding carboxylic acids is 1. The van der Waals surface area contributed by atoms with Crippen LogP contribution in [-0.4, -0.2) is 48.2 Å². The van der Waals surface area contributed by atoms with E-state index < -0.39 is 6.10 Å². The minimum absolute atomic E-state index is 0.0473. The standard InChI is InChI=1S/C21H34N2O4/c1-7-8-21(27-15(4)5)23-17-9-10-20(19(11-17)16(6)24)26-13-18(25)12-22-14(2)3/h9-11,14-15,18,22,25H,7-8,12-13H2,1-6H3/b23-21-. The predicted octanol–water partition coefficient (Wildman–Crippen LogP) is 3.88. The van der Waals surface area contributed by atoms with Crippen LogP contribution in [0.25, 0.3) is 0 Å². The van der Waals surface area contributed by atoms with Crippen LogP contribution in [0.4, 0.5) is 5.69 Å². The Morgan fingerprint density at radius 2 is 1.96 bits per heavy atom. The Hall–Kier alpha value is -1.92. The lowest BCUT2D eigenvalue weighted by atomic mass is 10.1. The molecule has 0 spiro atoms. The van der Waals surface area contributed by atoms with Crippen LogP contribution in [0.3, 0.4) is 0 Å². The highest BCUT2D eigenvalue weighted by atomic mass is 16.5. The molecule has 152 valence electrons. The van der Waals surface area contributed by atoms with Gasteiger partial charge in [-0.15, -0.1) is 0 Å². The Bertz CT molecular complexity index is 627. The third kappa shape index (κ3) is 9.02. The molecule has 0 aliphatic heterocycles. The van der Waals surface area contributed by atoms with E-state index in [-0.39, 0.29) is 24.5 Å². The molecular weight excluding hydrogens is 344 g/mol. The molecule has 1 aromatic rings. The molecule has 1 unspecified atom stereocenters. The number of ketones is 1. The van der Waals surface area contributed by atoms with E-state index in [2.05, 4.69) is 17.2 Å². The maximum absolute atomic E-state index is 12.0. The summed E-state index contributed by atoms with van der Waals surface area (Å²) in [4.78, 5) is 16.6. The lowest BCUT2D eigenvalue weighted by Gasteiger charge is -2.16. The number of aliphatic hydroxyl groups is 1. The highest BCUT2D eigenvalue weighted by Crippen LogP contribution is 2.26. The van der Waals surface area contributed by atoms with Crippen LogP contribution in [0, 0.1) is 0 Å². The number of aliphatic imine (C=N–C) groups is 1. The smallest absolute Gasteiger partial charge is 0.188 e. The van der Waals surface area contributed by atoms with Gasteiger partial charge in [0.05, 0.1) is 17.4 Å². The van der Waals surface area contributed by atoms with Gasteiger partial charge in [-0.2, -0.15) is 0 Å². The molecule has 1 atom stereocenters. The molecule has 1 aromatic carbocycles. The molecule has 0 amide bonds. The summed E-state index contributed by atoms with van der Waals surface area (Å²) in [6.45, 7) is 12.0. The van der Waals surface area contributed by atoms with Gasteiger partial charge >= 0.3 is 0 Å². The maximum Gasteiger partial charge on any atom is 0.188 e. The van der Waals surface area contributed by atoms with E-state index >= 15 is 0 Å². The molecule has 0 aromatic heterocycles. The molecule has 0 radical (unpaired) electrons. The Morgan fingerprint density at radius 3 is 2.52 bits per heavy atom. The number of nitrogens with zero attached hydrogens (tertiary/aromatic N) is 1. The molecular formula is C21H34N2O4. The average Bonchev–Trinajstić information content (AvgIpc) is 2.58. The third-order valence-electron chi connectivity index (χ3n) is 3.62. The second-order valence-corrected chi connectivity index (χ2v) is 7.19. The minimum Gasteiger partial charge on any atom is -0.490 e. The molecule has 0 aliphatic rings. The number of rotatable bonds is 11. The summed E-state index contributed by atoms with van der Waals surface area (Å²) in [6, 6.07) is 5.50. The fourth-order valence-corrected chi connectivity index (χ4v) is 2.38. The predicted molar refractivity (Wildman–Crippen MR) is 109 cm³/mol. The first kappa shape index (κ1) is 23.1. The number of nitrogens with one attached hydrogen (secondary N) is 1. The van der Waals surface area contributed by atoms with Crippen LogP contribution >= 0.6 is 0 Å². The molecule has 0 bridgehead atoms. The van der Waals surface area contributed by atoms with Gasteiger partial charge in [-0.3, -0.25) is 4.79 Å². The van der Waals surface area contributed by atoms with Gasteiger partial charge in [-0.25, -0.2) is 4.99 Å². The summed E-state index contributed by atoms with van der Waals surface area (Å²) in [5.41, 5.74) is 1.10. The van der Waals surface area contributed by atoms with Crippen molar-refractivity contribution in [1.29, 1.82) is 0 Å². The highest BCUT2D eigenvalue weighted by Gasteiger charge is 2.13. The van der Waals surface area contributed by atoms with Crippen molar-refractivity contribution in [2.45, 2.75) is 72.6 Å². The monoisotopic (exact) mass is 378 g/mol. The first-order valence-electron chi connectivity index (χ1n) is 9.66. The topological polar surface area (TPSA) is 80.2 Å². The maximum atomic E-state index is 12.0. The van der Waals surface area contributed by atoms with Gasteiger partial charge in [0.15, 0.2) is 11.7 Å². The fourth-order valence-electron chi connectivity index (χ4n) is 2.38. The normalized spacial score (nSPS) is 13.1. The van der Waals surface area contributed by atoms with Gasteiger partial charge in [0, 0.05) is 19.0 Å². The average molecular weight is 379 g/mol. The zero-order chi connectivity index (χ0) is 20.4. The summed E-state index contributed by atoms with van der Waals surface area (Å²) in [6.07, 6.45) is 1.06. The molecule has 1 rings (SSSR count). The number of benzene rings is 1. The van der Waals surface area contributed by atoms with Crippen molar-refractivity contribution in [3.63, 3.8) is 0 Å². The van der Waals surface area contributed by atoms with Gasteiger partial charge in [0.25, 0.3) is 0 Å². The van der Waals surface area contributed by atoms with Gasteiger partial charge < -0.3 is 19.9 Å². The van der Waals surface area contributed by atoms with E-state index in [1.807, 2.05) is 27.7 Å². The van der Waals surface area contributed by atoms with Crippen LogP contribution in [0.2, 0.25) is 0 Å². The fraction of sp³-hybridized carbons (Fsp3) is 0.619. The quantitative estimate of drug-likeness (QED) is 0.347. The molecule has 6 heteroatoms. The SMILES string of the molecule is CCC/C(=N/c1ccc(OCC(O)CNC(C)C)c(C(C)=O)c1)OC(C)C. The third-order valence-corrected chi connectivity index (χ3v) is 3.62. The van der Waals surface area contributed by atoms with Gasteiger partial charge in [0.2, 0.25) is 0 Å². The van der Waals surface area contributed by atoms with Crippen LogP contribution in [-0.2, 0) is 4.74 Å². The highest BCUT2D eigenvalue weighted by molar-refractivity contribution is 5.98. The second-order valence-electron chi connectivity index (χ2n) is 7.19. The van der Waals surface area contributed by atoms with E-state index in [0.717, 1.165) is 12.8 Å². The first-order chi connectivity index (χ1) is 12.7. The van der Waals surface area contributed by atoms with E-state index in [0.29, 0.717) is 29.4 Å². The van der Waals surface area contributed by atoms with Gasteiger partial charge in [-0.05, 0) is 45.4 Å². The molecule has 0 heterocycles. The number of hydrogen-bond acceptors (Lipinski definition) is 6. The Morgan fingerprint density at radius 1 is 1.26 bits per heavy atom. The number of carbonyl (C=O) groups is 1. The van der Waals surface area contributed by atoms with Crippen molar-refractivity contribution in [3.05, 3.63) is 23.8 Å². The van der Waals surface area contributed by atoms with Gasteiger partial charge in [-0.1, -0.05) is 20.8 Å². The van der Waals surface area contributed by atoms with Crippen molar-refractivity contribution in [3.8, 4) is 5.75 Å². The largest absolute Gasteiger partial charge is 0.490 e. The summed E-state index contributed by atoms with van der Waals surface area (Å²) in [5, 5.41) is 13.1. The van der Waals surface area contributed by atoms with Gasteiger partial charge in [0.1, 0.15) is 18.5 Å². The van der Waals surface area contributed by atoms with E-state index in [1.165, 1.54) is 6.92 Å². The molecule has 2 N–H and O–H groups in total. The second kappa shape index (κ2) is 11.7. The van der Waals surface area contributed by atoms with Crippen molar-refractivity contribution in [2.75, 3.05) is 13.2 Å². The van der Waals surface area contributed by atoms with Crippen molar-refractivity contribution in [1.82, 2.24) is 5.32 Å². The van der Waals surface area contributed by atoms with E-state index in [9.17, 15) is 9.90 Å².